The first-order valence-corrected chi connectivity index (χ1v) is 5.78. The second-order valence-electron chi connectivity index (χ2n) is 3.56. The molecule has 1 aliphatic heterocycles. The van der Waals surface area contributed by atoms with Gasteiger partial charge in [-0.2, -0.15) is 0 Å². The predicted octanol–water partition coefficient (Wildman–Crippen LogP) is 1.69. The number of nitrogens with zero attached hydrogens (tertiary/aromatic N) is 2. The van der Waals surface area contributed by atoms with Gasteiger partial charge in [-0.15, -0.1) is 10.2 Å². The number of anilines is 1. The van der Waals surface area contributed by atoms with Gasteiger partial charge in [-0.25, -0.2) is 0 Å². The maximum Gasteiger partial charge on any atom is 0.205 e. The minimum absolute atomic E-state index is 0.730. The summed E-state index contributed by atoms with van der Waals surface area (Å²) in [4.78, 5) is 0. The number of ether oxygens (including phenoxy) is 1. The molecule has 0 atom stereocenters. The molecule has 1 fully saturated rings. The highest BCUT2D eigenvalue weighted by molar-refractivity contribution is 7.15. The average molecular weight is 213 g/mol. The molecule has 1 N–H and O–H groups in total. The summed E-state index contributed by atoms with van der Waals surface area (Å²) in [5.74, 6) is 0.730. The smallest absolute Gasteiger partial charge is 0.205 e. The second kappa shape index (κ2) is 4.70. The number of hydrogen-bond acceptors (Lipinski definition) is 5. The number of rotatable bonds is 3. The number of aryl methyl sites for hydroxylation is 1. The van der Waals surface area contributed by atoms with Crippen molar-refractivity contribution in [3.8, 4) is 0 Å². The van der Waals surface area contributed by atoms with Gasteiger partial charge in [0, 0.05) is 19.8 Å². The maximum atomic E-state index is 5.30. The summed E-state index contributed by atoms with van der Waals surface area (Å²) in [7, 11) is 0. The van der Waals surface area contributed by atoms with E-state index >= 15 is 0 Å². The molecule has 14 heavy (non-hydrogen) atoms. The molecule has 2 rings (SSSR count). The van der Waals surface area contributed by atoms with Crippen LogP contribution in [0.3, 0.4) is 0 Å². The average Bonchev–Trinajstić information content (AvgIpc) is 2.63. The van der Waals surface area contributed by atoms with Crippen LogP contribution in [0.5, 0.6) is 0 Å². The monoisotopic (exact) mass is 213 g/mol. The molecule has 0 saturated carbocycles. The van der Waals surface area contributed by atoms with Crippen molar-refractivity contribution < 1.29 is 4.74 Å². The van der Waals surface area contributed by atoms with Gasteiger partial charge in [-0.05, 0) is 25.7 Å². The largest absolute Gasteiger partial charge is 0.381 e. The lowest BCUT2D eigenvalue weighted by atomic mass is 10.0. The lowest BCUT2D eigenvalue weighted by Crippen LogP contribution is -2.22. The zero-order chi connectivity index (χ0) is 9.80. The maximum absolute atomic E-state index is 5.30. The van der Waals surface area contributed by atoms with E-state index < -0.39 is 0 Å². The van der Waals surface area contributed by atoms with Crippen molar-refractivity contribution in [2.75, 3.05) is 25.1 Å². The van der Waals surface area contributed by atoms with Crippen LogP contribution in [-0.2, 0) is 4.74 Å². The Labute approximate surface area is 87.7 Å². The van der Waals surface area contributed by atoms with Crippen molar-refractivity contribution in [3.63, 3.8) is 0 Å². The Morgan fingerprint density at radius 2 is 2.21 bits per heavy atom. The molecule has 4 nitrogen and oxygen atoms in total. The first-order valence-electron chi connectivity index (χ1n) is 4.96. The zero-order valence-corrected chi connectivity index (χ0v) is 9.14. The third kappa shape index (κ3) is 2.65. The summed E-state index contributed by atoms with van der Waals surface area (Å²) in [6.07, 6.45) is 2.32. The zero-order valence-electron chi connectivity index (χ0n) is 8.32. The van der Waals surface area contributed by atoms with Gasteiger partial charge in [0.25, 0.3) is 0 Å². The van der Waals surface area contributed by atoms with Crippen molar-refractivity contribution in [1.29, 1.82) is 0 Å². The Hall–Kier alpha value is -0.680. The van der Waals surface area contributed by atoms with Gasteiger partial charge < -0.3 is 10.1 Å². The van der Waals surface area contributed by atoms with Gasteiger partial charge >= 0.3 is 0 Å². The number of nitrogens with one attached hydrogen (secondary N) is 1. The molecule has 1 aliphatic rings. The van der Waals surface area contributed by atoms with E-state index in [9.17, 15) is 0 Å². The Balaban J connectivity index is 1.76. The molecule has 0 aliphatic carbocycles. The number of aromatic nitrogens is 2. The fraction of sp³-hybridized carbons (Fsp3) is 0.778. The minimum Gasteiger partial charge on any atom is -0.381 e. The molecule has 0 amide bonds. The summed E-state index contributed by atoms with van der Waals surface area (Å²) in [5, 5.41) is 13.3. The molecule has 1 saturated heterocycles. The normalized spacial score (nSPS) is 18.4. The molecule has 5 heteroatoms. The molecule has 0 bridgehead atoms. The lowest BCUT2D eigenvalue weighted by Gasteiger charge is -2.21. The van der Waals surface area contributed by atoms with E-state index in [0.717, 1.165) is 48.7 Å². The highest BCUT2D eigenvalue weighted by Crippen LogP contribution is 2.18. The summed E-state index contributed by atoms with van der Waals surface area (Å²) in [5.41, 5.74) is 0. The van der Waals surface area contributed by atoms with Crippen LogP contribution in [0, 0.1) is 12.8 Å². The molecular formula is C9H15N3OS. The Morgan fingerprint density at radius 3 is 2.86 bits per heavy atom. The van der Waals surface area contributed by atoms with E-state index in [4.69, 9.17) is 4.74 Å². The van der Waals surface area contributed by atoms with Gasteiger partial charge in [-0.1, -0.05) is 11.3 Å². The van der Waals surface area contributed by atoms with Crippen LogP contribution in [0.15, 0.2) is 0 Å². The fourth-order valence-electron chi connectivity index (χ4n) is 1.55. The molecular weight excluding hydrogens is 198 g/mol. The van der Waals surface area contributed by atoms with Crippen molar-refractivity contribution in [2.24, 2.45) is 5.92 Å². The third-order valence-corrected chi connectivity index (χ3v) is 3.21. The van der Waals surface area contributed by atoms with E-state index in [2.05, 4.69) is 15.5 Å². The minimum atomic E-state index is 0.730. The van der Waals surface area contributed by atoms with Crippen molar-refractivity contribution in [2.45, 2.75) is 19.8 Å². The van der Waals surface area contributed by atoms with Crippen LogP contribution in [0.1, 0.15) is 17.8 Å². The van der Waals surface area contributed by atoms with Crippen LogP contribution in [0.4, 0.5) is 5.13 Å². The van der Waals surface area contributed by atoms with Crippen LogP contribution in [0.2, 0.25) is 0 Å². The molecule has 0 unspecified atom stereocenters. The predicted molar refractivity (Wildman–Crippen MR) is 56.7 cm³/mol. The highest BCUT2D eigenvalue weighted by atomic mass is 32.1. The molecule has 0 spiro atoms. The van der Waals surface area contributed by atoms with Gasteiger partial charge in [0.15, 0.2) is 0 Å². The standard InChI is InChI=1S/C9H15N3OS/c1-7-11-12-9(14-7)10-6-8-2-4-13-5-3-8/h8H,2-6H2,1H3,(H,10,12). The number of hydrogen-bond donors (Lipinski definition) is 1. The van der Waals surface area contributed by atoms with Crippen LogP contribution < -0.4 is 5.32 Å². The Morgan fingerprint density at radius 1 is 1.43 bits per heavy atom. The molecule has 1 aromatic heterocycles. The van der Waals surface area contributed by atoms with Gasteiger partial charge in [0.1, 0.15) is 5.01 Å². The van der Waals surface area contributed by atoms with Crippen molar-refractivity contribution in [3.05, 3.63) is 5.01 Å². The summed E-state index contributed by atoms with van der Waals surface area (Å²) in [6.45, 7) is 4.78. The molecule has 0 radical (unpaired) electrons. The summed E-state index contributed by atoms with van der Waals surface area (Å²) in [6, 6.07) is 0. The quantitative estimate of drug-likeness (QED) is 0.830. The van der Waals surface area contributed by atoms with Crippen LogP contribution in [-0.4, -0.2) is 30.0 Å². The first kappa shape index (κ1) is 9.86. The lowest BCUT2D eigenvalue weighted by molar-refractivity contribution is 0.0699. The van der Waals surface area contributed by atoms with Crippen LogP contribution >= 0.6 is 11.3 Å². The molecule has 78 valence electrons. The Bertz CT molecular complexity index is 283. The van der Waals surface area contributed by atoms with Gasteiger partial charge in [0.2, 0.25) is 5.13 Å². The van der Waals surface area contributed by atoms with E-state index in [1.807, 2.05) is 6.92 Å². The van der Waals surface area contributed by atoms with E-state index in [-0.39, 0.29) is 0 Å². The summed E-state index contributed by atoms with van der Waals surface area (Å²) < 4.78 is 5.30. The van der Waals surface area contributed by atoms with Gasteiger partial charge in [-0.3, -0.25) is 0 Å². The highest BCUT2D eigenvalue weighted by Gasteiger charge is 2.13. The molecule has 1 aromatic rings. The van der Waals surface area contributed by atoms with Gasteiger partial charge in [0.05, 0.1) is 0 Å². The first-order chi connectivity index (χ1) is 6.84. The van der Waals surface area contributed by atoms with E-state index in [1.54, 1.807) is 11.3 Å². The molecule has 0 aromatic carbocycles. The van der Waals surface area contributed by atoms with Crippen molar-refractivity contribution in [1.82, 2.24) is 10.2 Å². The fourth-order valence-corrected chi connectivity index (χ4v) is 2.15. The van der Waals surface area contributed by atoms with E-state index in [1.165, 1.54) is 0 Å². The van der Waals surface area contributed by atoms with Crippen molar-refractivity contribution >= 4 is 16.5 Å². The topological polar surface area (TPSA) is 47.0 Å². The SMILES string of the molecule is Cc1nnc(NCC2CCOCC2)s1. The van der Waals surface area contributed by atoms with Crippen LogP contribution in [0.25, 0.3) is 0 Å². The Kier molecular flexibility index (Phi) is 3.31. The second-order valence-corrected chi connectivity index (χ2v) is 4.74. The summed E-state index contributed by atoms with van der Waals surface area (Å²) >= 11 is 1.61. The molecule has 2 heterocycles. The van der Waals surface area contributed by atoms with E-state index in [0.29, 0.717) is 0 Å². The third-order valence-electron chi connectivity index (χ3n) is 2.41.